The quantitative estimate of drug-likeness (QED) is 0.470. The number of hydrogen-bond acceptors (Lipinski definition) is 7. The molecule has 0 fully saturated rings. The number of aryl methyl sites for hydroxylation is 1. The average Bonchev–Trinajstić information content (AvgIpc) is 2.83. The first-order valence-electron chi connectivity index (χ1n) is 7.54. The molecule has 156 valence electrons. The maximum atomic E-state index is 12.9. The van der Waals surface area contributed by atoms with Crippen molar-refractivity contribution in [2.45, 2.75) is 44.9 Å². The first-order valence-corrected chi connectivity index (χ1v) is 10.6. The van der Waals surface area contributed by atoms with Crippen LogP contribution in [0.15, 0.2) is 9.98 Å². The van der Waals surface area contributed by atoms with Gasteiger partial charge in [0.05, 0.1) is 15.8 Å². The van der Waals surface area contributed by atoms with E-state index in [1.807, 2.05) is 0 Å². The zero-order valence-electron chi connectivity index (χ0n) is 14.9. The number of aliphatic carboxylic acids is 1. The van der Waals surface area contributed by atoms with Crippen molar-refractivity contribution in [1.82, 2.24) is 4.98 Å². The van der Waals surface area contributed by atoms with Gasteiger partial charge in [-0.25, -0.2) is 9.78 Å². The largest absolute Gasteiger partial charge is 0.534 e. The second-order valence-corrected chi connectivity index (χ2v) is 10.5. The minimum atomic E-state index is -6.06. The number of ether oxygens (including phenoxy) is 1. The number of carbonyl (C=O) groups is 1. The van der Waals surface area contributed by atoms with Gasteiger partial charge in [0.15, 0.2) is 15.8 Å². The third-order valence-electron chi connectivity index (χ3n) is 3.29. The molecule has 0 bridgehead atoms. The molecule has 0 radical (unpaired) electrons. The summed E-state index contributed by atoms with van der Waals surface area (Å²) in [6, 6.07) is 1.42. The normalized spacial score (nSPS) is 14.3. The van der Waals surface area contributed by atoms with E-state index in [4.69, 9.17) is 4.74 Å². The van der Waals surface area contributed by atoms with E-state index in [9.17, 15) is 31.5 Å². The van der Waals surface area contributed by atoms with Gasteiger partial charge in [-0.1, -0.05) is 0 Å². The number of aromatic nitrogens is 1. The lowest BCUT2D eigenvalue weighted by Crippen LogP contribution is -2.31. The fraction of sp³-hybridized carbons (Fsp3) is 0.467. The van der Waals surface area contributed by atoms with Gasteiger partial charge in [-0.15, -0.1) is 11.3 Å². The van der Waals surface area contributed by atoms with Crippen LogP contribution in [0.2, 0.25) is 0 Å². The average molecular weight is 506 g/mol. The van der Waals surface area contributed by atoms with E-state index >= 15 is 0 Å². The maximum absolute atomic E-state index is 12.9. The van der Waals surface area contributed by atoms with Gasteiger partial charge >= 0.3 is 21.6 Å². The molecule has 13 heteroatoms. The molecule has 0 aliphatic heterocycles. The van der Waals surface area contributed by atoms with Crippen molar-refractivity contribution in [3.63, 3.8) is 0 Å². The standard InChI is InChI=1S/C15H15BrF3NO6S2/c1-6-5-7-11(27-13(16)20-7)9(26-28(23,24)15(17,18)19)8(6)10(12(21)22)25-14(2,3)4/h5,10H,1-4H3,(H,21,22)/t10-/m0/s1. The number of hydrogen-bond donors (Lipinski definition) is 1. The van der Waals surface area contributed by atoms with Crippen LogP contribution in [-0.2, 0) is 19.6 Å². The molecule has 2 rings (SSSR count). The Morgan fingerprint density at radius 1 is 1.32 bits per heavy atom. The number of nitrogens with zero attached hydrogens (tertiary/aromatic N) is 1. The number of carboxylic acids is 1. The van der Waals surface area contributed by atoms with E-state index in [1.54, 1.807) is 20.8 Å². The molecule has 0 saturated heterocycles. The zero-order chi connectivity index (χ0) is 21.7. The monoisotopic (exact) mass is 505 g/mol. The van der Waals surface area contributed by atoms with Gasteiger partial charge in [0, 0.05) is 5.56 Å². The third-order valence-corrected chi connectivity index (χ3v) is 5.76. The first-order chi connectivity index (χ1) is 12.5. The predicted octanol–water partition coefficient (Wildman–Crippen LogP) is 4.54. The second kappa shape index (κ2) is 7.43. The van der Waals surface area contributed by atoms with Crippen molar-refractivity contribution in [3.05, 3.63) is 21.1 Å². The molecule has 1 heterocycles. The van der Waals surface area contributed by atoms with Crippen molar-refractivity contribution < 1.29 is 40.4 Å². The number of benzene rings is 1. The number of rotatable bonds is 5. The number of halogens is 4. The van der Waals surface area contributed by atoms with Crippen molar-refractivity contribution in [2.75, 3.05) is 0 Å². The highest BCUT2D eigenvalue weighted by atomic mass is 79.9. The van der Waals surface area contributed by atoms with Gasteiger partial charge in [-0.2, -0.15) is 21.6 Å². The van der Waals surface area contributed by atoms with Crippen LogP contribution in [0.5, 0.6) is 5.75 Å². The Labute approximate surface area is 170 Å². The lowest BCUT2D eigenvalue weighted by Gasteiger charge is -2.27. The van der Waals surface area contributed by atoms with Crippen LogP contribution in [0.25, 0.3) is 10.2 Å². The van der Waals surface area contributed by atoms with Crippen LogP contribution in [0.1, 0.15) is 38.0 Å². The van der Waals surface area contributed by atoms with Crippen LogP contribution < -0.4 is 4.18 Å². The van der Waals surface area contributed by atoms with Crippen LogP contribution in [-0.4, -0.2) is 35.6 Å². The summed E-state index contributed by atoms with van der Waals surface area (Å²) in [6.45, 7) is 6.05. The Bertz CT molecular complexity index is 1030. The summed E-state index contributed by atoms with van der Waals surface area (Å²) in [5.41, 5.74) is -6.75. The van der Waals surface area contributed by atoms with Crippen LogP contribution >= 0.6 is 27.3 Å². The Morgan fingerprint density at radius 2 is 1.89 bits per heavy atom. The summed E-state index contributed by atoms with van der Waals surface area (Å²) in [5, 5.41) is 9.60. The molecule has 0 aliphatic carbocycles. The fourth-order valence-electron chi connectivity index (χ4n) is 2.30. The van der Waals surface area contributed by atoms with E-state index in [1.165, 1.54) is 13.0 Å². The van der Waals surface area contributed by atoms with E-state index in [0.29, 0.717) is 0 Å². The highest BCUT2D eigenvalue weighted by Crippen LogP contribution is 2.44. The molecule has 0 amide bonds. The maximum Gasteiger partial charge on any atom is 0.534 e. The van der Waals surface area contributed by atoms with Crippen molar-refractivity contribution in [3.8, 4) is 5.75 Å². The van der Waals surface area contributed by atoms with Gasteiger partial charge in [-0.3, -0.25) is 0 Å². The van der Waals surface area contributed by atoms with E-state index in [0.717, 1.165) is 11.3 Å². The predicted molar refractivity (Wildman–Crippen MR) is 98.9 cm³/mol. The summed E-state index contributed by atoms with van der Waals surface area (Å²) in [4.78, 5) is 15.8. The molecule has 1 aromatic carbocycles. The van der Waals surface area contributed by atoms with Gasteiger partial charge in [0.2, 0.25) is 0 Å². The fourth-order valence-corrected chi connectivity index (χ4v) is 4.28. The van der Waals surface area contributed by atoms with Crippen molar-refractivity contribution >= 4 is 53.6 Å². The number of fused-ring (bicyclic) bond motifs is 1. The Kier molecular flexibility index (Phi) is 6.06. The highest BCUT2D eigenvalue weighted by Gasteiger charge is 2.49. The lowest BCUT2D eigenvalue weighted by molar-refractivity contribution is -0.160. The smallest absolute Gasteiger partial charge is 0.479 e. The minimum Gasteiger partial charge on any atom is -0.479 e. The number of alkyl halides is 3. The topological polar surface area (TPSA) is 103 Å². The van der Waals surface area contributed by atoms with Crippen LogP contribution in [0.4, 0.5) is 13.2 Å². The zero-order valence-corrected chi connectivity index (χ0v) is 18.1. The molecule has 0 saturated carbocycles. The summed E-state index contributed by atoms with van der Waals surface area (Å²) in [5.74, 6) is -2.29. The van der Waals surface area contributed by atoms with Gasteiger partial charge < -0.3 is 14.0 Å². The third kappa shape index (κ3) is 4.75. The van der Waals surface area contributed by atoms with Crippen LogP contribution in [0.3, 0.4) is 0 Å². The molecule has 7 nitrogen and oxygen atoms in total. The summed E-state index contributed by atoms with van der Waals surface area (Å²) in [6.07, 6.45) is -1.77. The molecular formula is C15H15BrF3NO6S2. The molecule has 1 atom stereocenters. The first kappa shape index (κ1) is 22.8. The molecule has 1 aromatic heterocycles. The molecular weight excluding hydrogens is 491 g/mol. The number of thiazole rings is 1. The van der Waals surface area contributed by atoms with Gasteiger partial charge in [-0.05, 0) is 55.3 Å². The molecule has 1 N–H and O–H groups in total. The van der Waals surface area contributed by atoms with E-state index < -0.39 is 39.1 Å². The summed E-state index contributed by atoms with van der Waals surface area (Å²) in [7, 11) is -6.06. The molecule has 28 heavy (non-hydrogen) atoms. The second-order valence-electron chi connectivity index (χ2n) is 6.68. The molecule has 0 aliphatic rings. The minimum absolute atomic E-state index is 0.0657. The van der Waals surface area contributed by atoms with E-state index in [-0.39, 0.29) is 25.3 Å². The number of carboxylic acid groups (broad SMARTS) is 1. The Morgan fingerprint density at radius 3 is 2.36 bits per heavy atom. The summed E-state index contributed by atoms with van der Waals surface area (Å²) < 4.78 is 72.1. The summed E-state index contributed by atoms with van der Waals surface area (Å²) >= 11 is 3.87. The van der Waals surface area contributed by atoms with E-state index in [2.05, 4.69) is 25.1 Å². The van der Waals surface area contributed by atoms with Gasteiger partial charge in [0.25, 0.3) is 0 Å². The van der Waals surface area contributed by atoms with Crippen molar-refractivity contribution in [2.24, 2.45) is 0 Å². The molecule has 0 spiro atoms. The van der Waals surface area contributed by atoms with Crippen LogP contribution in [0, 0.1) is 6.92 Å². The van der Waals surface area contributed by atoms with Crippen molar-refractivity contribution in [1.29, 1.82) is 0 Å². The lowest BCUT2D eigenvalue weighted by atomic mass is 10.0. The highest BCUT2D eigenvalue weighted by molar-refractivity contribution is 9.11. The molecule has 2 aromatic rings. The molecule has 0 unspecified atom stereocenters. The Balaban J connectivity index is 2.84. The SMILES string of the molecule is Cc1cc2nc(Br)sc2c(OS(=O)(=O)C(F)(F)F)c1[C@H](OC(C)(C)C)C(=O)O. The van der Waals surface area contributed by atoms with Gasteiger partial charge in [0.1, 0.15) is 0 Å². The Hall–Kier alpha value is -1.44.